The van der Waals surface area contributed by atoms with Crippen LogP contribution in [0.1, 0.15) is 47.2 Å². The maximum atomic E-state index is 12.9. The maximum absolute atomic E-state index is 12.9. The van der Waals surface area contributed by atoms with E-state index in [0.29, 0.717) is 18.8 Å². The van der Waals surface area contributed by atoms with Gasteiger partial charge in [0.15, 0.2) is 5.78 Å². The van der Waals surface area contributed by atoms with Crippen molar-refractivity contribution in [2.45, 2.75) is 43.4 Å². The fourth-order valence-corrected chi connectivity index (χ4v) is 5.79. The van der Waals surface area contributed by atoms with Crippen LogP contribution in [0, 0.1) is 0 Å². The van der Waals surface area contributed by atoms with E-state index >= 15 is 0 Å². The average molecular weight is 491 g/mol. The molecule has 0 bridgehead atoms. The van der Waals surface area contributed by atoms with Crippen molar-refractivity contribution in [3.05, 3.63) is 58.1 Å². The molecule has 2 aromatic rings. The van der Waals surface area contributed by atoms with Crippen molar-refractivity contribution in [2.75, 3.05) is 31.6 Å². The van der Waals surface area contributed by atoms with Crippen LogP contribution in [0.5, 0.6) is 0 Å². The summed E-state index contributed by atoms with van der Waals surface area (Å²) in [4.78, 5) is 25.2. The normalized spacial score (nSPS) is 16.8. The lowest BCUT2D eigenvalue weighted by atomic mass is 9.89. The molecule has 4 rings (SSSR count). The molecule has 176 valence electrons. The average Bonchev–Trinajstić information content (AvgIpc) is 2.84. The summed E-state index contributed by atoms with van der Waals surface area (Å²) in [5.74, 6) is -0.489. The smallest absolute Gasteiger partial charge is 0.243 e. The Labute approximate surface area is 199 Å². The number of ether oxygens (including phenoxy) is 1. The Balaban J connectivity index is 1.39. The Kier molecular flexibility index (Phi) is 7.48. The number of amides is 1. The maximum Gasteiger partial charge on any atom is 0.243 e. The number of fused-ring (bicyclic) bond motifs is 1. The SMILES string of the molecule is O=C(CCC(=O)c1ccc2c(c1)CCCC2)Nc1cc(S(=O)(=O)N2CCOCC2)ccc1Cl. The number of Topliss-reactive ketones (excluding diaryl/α,β-unsaturated/α-hetero) is 1. The van der Waals surface area contributed by atoms with Crippen LogP contribution in [0.4, 0.5) is 5.69 Å². The van der Waals surface area contributed by atoms with E-state index < -0.39 is 15.9 Å². The van der Waals surface area contributed by atoms with Crippen LogP contribution in [-0.2, 0) is 32.4 Å². The number of aryl methyl sites for hydroxylation is 2. The molecule has 0 unspecified atom stereocenters. The van der Waals surface area contributed by atoms with Crippen LogP contribution in [0.2, 0.25) is 5.02 Å². The summed E-state index contributed by atoms with van der Waals surface area (Å²) in [6.07, 6.45) is 4.39. The van der Waals surface area contributed by atoms with Gasteiger partial charge >= 0.3 is 0 Å². The van der Waals surface area contributed by atoms with Gasteiger partial charge in [-0.1, -0.05) is 23.7 Å². The van der Waals surface area contributed by atoms with Gasteiger partial charge in [0.2, 0.25) is 15.9 Å². The number of rotatable bonds is 7. The number of ketones is 1. The largest absolute Gasteiger partial charge is 0.379 e. The van der Waals surface area contributed by atoms with Crippen molar-refractivity contribution in [3.63, 3.8) is 0 Å². The molecule has 0 spiro atoms. The molecule has 1 aliphatic heterocycles. The van der Waals surface area contributed by atoms with E-state index in [4.69, 9.17) is 16.3 Å². The summed E-state index contributed by atoms with van der Waals surface area (Å²) >= 11 is 6.19. The second-order valence-electron chi connectivity index (χ2n) is 8.32. The molecule has 1 fully saturated rings. The van der Waals surface area contributed by atoms with E-state index in [1.165, 1.54) is 40.1 Å². The lowest BCUT2D eigenvalue weighted by Gasteiger charge is -2.26. The number of sulfonamides is 1. The minimum atomic E-state index is -3.72. The van der Waals surface area contributed by atoms with Crippen molar-refractivity contribution in [2.24, 2.45) is 0 Å². The van der Waals surface area contributed by atoms with Crippen LogP contribution < -0.4 is 5.32 Å². The summed E-state index contributed by atoms with van der Waals surface area (Å²) in [6.45, 7) is 1.23. The zero-order valence-corrected chi connectivity index (χ0v) is 19.9. The van der Waals surface area contributed by atoms with Crippen LogP contribution in [0.15, 0.2) is 41.3 Å². The number of carbonyl (C=O) groups excluding carboxylic acids is 2. The molecule has 1 amide bonds. The Morgan fingerprint density at radius 3 is 2.45 bits per heavy atom. The first-order chi connectivity index (χ1) is 15.8. The van der Waals surface area contributed by atoms with Gasteiger partial charge in [0.05, 0.1) is 28.8 Å². The highest BCUT2D eigenvalue weighted by Gasteiger charge is 2.27. The van der Waals surface area contributed by atoms with Crippen LogP contribution in [-0.4, -0.2) is 50.7 Å². The van der Waals surface area contributed by atoms with Gasteiger partial charge in [-0.2, -0.15) is 4.31 Å². The molecule has 0 radical (unpaired) electrons. The molecular weight excluding hydrogens is 464 g/mol. The lowest BCUT2D eigenvalue weighted by Crippen LogP contribution is -2.40. The fraction of sp³-hybridized carbons (Fsp3) is 0.417. The Bertz CT molecular complexity index is 1160. The lowest BCUT2D eigenvalue weighted by molar-refractivity contribution is -0.116. The fourth-order valence-electron chi connectivity index (χ4n) is 4.19. The first kappa shape index (κ1) is 23.9. The van der Waals surface area contributed by atoms with E-state index in [9.17, 15) is 18.0 Å². The Hall–Kier alpha value is -2.26. The number of halogens is 1. The number of hydrogen-bond donors (Lipinski definition) is 1. The van der Waals surface area contributed by atoms with Gasteiger partial charge in [-0.3, -0.25) is 9.59 Å². The molecule has 2 aliphatic rings. The molecule has 0 atom stereocenters. The van der Waals surface area contributed by atoms with E-state index in [-0.39, 0.29) is 47.3 Å². The highest BCUT2D eigenvalue weighted by atomic mass is 35.5. The van der Waals surface area contributed by atoms with Crippen LogP contribution >= 0.6 is 11.6 Å². The van der Waals surface area contributed by atoms with Crippen molar-refractivity contribution in [3.8, 4) is 0 Å². The van der Waals surface area contributed by atoms with Gasteiger partial charge in [0.1, 0.15) is 0 Å². The van der Waals surface area contributed by atoms with E-state index in [1.54, 1.807) is 0 Å². The van der Waals surface area contributed by atoms with Crippen molar-refractivity contribution in [1.29, 1.82) is 0 Å². The zero-order valence-electron chi connectivity index (χ0n) is 18.3. The predicted molar refractivity (Wildman–Crippen MR) is 126 cm³/mol. The number of morpholine rings is 1. The topological polar surface area (TPSA) is 92.8 Å². The third kappa shape index (κ3) is 5.63. The Morgan fingerprint density at radius 1 is 0.970 bits per heavy atom. The van der Waals surface area contributed by atoms with Crippen molar-refractivity contribution in [1.82, 2.24) is 4.31 Å². The monoisotopic (exact) mass is 490 g/mol. The van der Waals surface area contributed by atoms with Crippen molar-refractivity contribution >= 4 is 39.0 Å². The summed E-state index contributed by atoms with van der Waals surface area (Å²) in [6, 6.07) is 10.0. The minimum Gasteiger partial charge on any atom is -0.379 e. The molecule has 0 saturated carbocycles. The number of nitrogens with zero attached hydrogens (tertiary/aromatic N) is 1. The second-order valence-corrected chi connectivity index (χ2v) is 10.7. The molecule has 0 aromatic heterocycles. The highest BCUT2D eigenvalue weighted by molar-refractivity contribution is 7.89. The number of anilines is 1. The number of carbonyl (C=O) groups is 2. The summed E-state index contributed by atoms with van der Waals surface area (Å²) in [5.41, 5.74) is 3.36. The molecule has 33 heavy (non-hydrogen) atoms. The van der Waals surface area contributed by atoms with Crippen LogP contribution in [0.25, 0.3) is 0 Å². The third-order valence-electron chi connectivity index (χ3n) is 6.07. The standard InChI is InChI=1S/C24H27ClN2O5S/c25-21-8-7-20(33(30,31)27-11-13-32-14-12-27)16-22(21)26-24(29)10-9-23(28)19-6-5-17-3-1-2-4-18(17)15-19/h5-8,15-16H,1-4,9-14H2,(H,26,29). The van der Waals surface area contributed by atoms with E-state index in [2.05, 4.69) is 5.32 Å². The van der Waals surface area contributed by atoms with Crippen molar-refractivity contribution < 1.29 is 22.7 Å². The minimum absolute atomic E-state index is 0.0211. The molecule has 2 aromatic carbocycles. The van der Waals surface area contributed by atoms with Gasteiger partial charge < -0.3 is 10.1 Å². The molecule has 1 N–H and O–H groups in total. The first-order valence-electron chi connectivity index (χ1n) is 11.2. The first-order valence-corrected chi connectivity index (χ1v) is 13.0. The van der Waals surface area contributed by atoms with Crippen LogP contribution in [0.3, 0.4) is 0 Å². The molecule has 1 heterocycles. The zero-order chi connectivity index (χ0) is 23.4. The molecule has 1 aliphatic carbocycles. The number of hydrogen-bond acceptors (Lipinski definition) is 5. The van der Waals surface area contributed by atoms with Gasteiger partial charge in [0, 0.05) is 31.5 Å². The molecule has 1 saturated heterocycles. The van der Waals surface area contributed by atoms with E-state index in [1.807, 2.05) is 18.2 Å². The number of benzene rings is 2. The summed E-state index contributed by atoms with van der Waals surface area (Å²) < 4.78 is 32.3. The van der Waals surface area contributed by atoms with Gasteiger partial charge in [0.25, 0.3) is 0 Å². The Morgan fingerprint density at radius 2 is 1.70 bits per heavy atom. The van der Waals surface area contributed by atoms with E-state index in [0.717, 1.165) is 19.3 Å². The van der Waals surface area contributed by atoms with Gasteiger partial charge in [-0.15, -0.1) is 0 Å². The second kappa shape index (κ2) is 10.3. The summed E-state index contributed by atoms with van der Waals surface area (Å²) in [5, 5.41) is 2.88. The molecule has 9 heteroatoms. The van der Waals surface area contributed by atoms with Gasteiger partial charge in [-0.05, 0) is 61.1 Å². The van der Waals surface area contributed by atoms with Gasteiger partial charge in [-0.25, -0.2) is 8.42 Å². The quantitative estimate of drug-likeness (QED) is 0.595. The predicted octanol–water partition coefficient (Wildman–Crippen LogP) is 3.84. The molecular formula is C24H27ClN2O5S. The third-order valence-corrected chi connectivity index (χ3v) is 8.29. The highest BCUT2D eigenvalue weighted by Crippen LogP contribution is 2.28. The number of nitrogens with one attached hydrogen (secondary N) is 1. The summed E-state index contributed by atoms with van der Waals surface area (Å²) in [7, 11) is -3.72. The molecule has 7 nitrogen and oxygen atoms in total.